The maximum Gasteiger partial charge on any atom is 0.573 e. The minimum absolute atomic E-state index is 0. The normalized spacial score (nSPS) is 11.5. The zero-order chi connectivity index (χ0) is 19.0. The van der Waals surface area contributed by atoms with Gasteiger partial charge >= 0.3 is 6.36 Å². The molecule has 0 unspecified atom stereocenters. The quantitative estimate of drug-likeness (QED) is 0.360. The Morgan fingerprint density at radius 1 is 1.11 bits per heavy atom. The molecule has 1 aromatic carbocycles. The van der Waals surface area contributed by atoms with Gasteiger partial charge in [0.15, 0.2) is 5.96 Å². The second-order valence-corrected chi connectivity index (χ2v) is 5.47. The SMILES string of the molecule is CCNC(=NCc1ccccc1OC(F)(F)F)NCc1cccc(C)n1.I. The highest BCUT2D eigenvalue weighted by molar-refractivity contribution is 14.0. The molecule has 0 spiro atoms. The number of alkyl halides is 3. The van der Waals surface area contributed by atoms with Crippen LogP contribution in [-0.2, 0) is 13.1 Å². The predicted octanol–water partition coefficient (Wildman–Crippen LogP) is 4.16. The number of ether oxygens (including phenoxy) is 1. The highest BCUT2D eigenvalue weighted by Crippen LogP contribution is 2.26. The number of benzene rings is 1. The second kappa shape index (κ2) is 11.0. The molecule has 0 fully saturated rings. The number of nitrogens with zero attached hydrogens (tertiary/aromatic N) is 2. The molecule has 2 N–H and O–H groups in total. The van der Waals surface area contributed by atoms with Crippen LogP contribution in [0.15, 0.2) is 47.5 Å². The lowest BCUT2D eigenvalue weighted by Gasteiger charge is -2.14. The summed E-state index contributed by atoms with van der Waals surface area (Å²) in [6.45, 7) is 4.92. The van der Waals surface area contributed by atoms with Gasteiger partial charge in [-0.1, -0.05) is 24.3 Å². The lowest BCUT2D eigenvalue weighted by atomic mass is 10.2. The lowest BCUT2D eigenvalue weighted by molar-refractivity contribution is -0.274. The Morgan fingerprint density at radius 3 is 2.52 bits per heavy atom. The summed E-state index contributed by atoms with van der Waals surface area (Å²) in [7, 11) is 0. The standard InChI is InChI=1S/C18H21F3N4O.HI/c1-3-22-17(24-12-15-9-6-7-13(2)25-15)23-11-14-8-4-5-10-16(14)26-18(19,20)21;/h4-10H,3,11-12H2,1-2H3,(H2,22,23,24);1H. The fraction of sp³-hybridized carbons (Fsp3) is 0.333. The Labute approximate surface area is 173 Å². The van der Waals surface area contributed by atoms with Gasteiger partial charge in [0.1, 0.15) is 5.75 Å². The van der Waals surface area contributed by atoms with Crippen molar-refractivity contribution in [3.63, 3.8) is 0 Å². The highest BCUT2D eigenvalue weighted by atomic mass is 127. The number of hydrogen-bond acceptors (Lipinski definition) is 3. The number of rotatable bonds is 6. The second-order valence-electron chi connectivity index (χ2n) is 5.47. The molecule has 0 atom stereocenters. The van der Waals surface area contributed by atoms with Gasteiger partial charge < -0.3 is 15.4 Å². The first kappa shape index (κ1) is 23.0. The number of pyridine rings is 1. The molecule has 148 valence electrons. The van der Waals surface area contributed by atoms with Gasteiger partial charge in [0.25, 0.3) is 0 Å². The molecule has 0 aliphatic carbocycles. The van der Waals surface area contributed by atoms with Crippen molar-refractivity contribution in [1.29, 1.82) is 0 Å². The number of hydrogen-bond donors (Lipinski definition) is 2. The van der Waals surface area contributed by atoms with E-state index in [4.69, 9.17) is 0 Å². The Bertz CT molecular complexity index is 753. The number of aromatic nitrogens is 1. The molecule has 0 bridgehead atoms. The minimum atomic E-state index is -4.74. The smallest absolute Gasteiger partial charge is 0.405 e. The summed E-state index contributed by atoms with van der Waals surface area (Å²) in [6, 6.07) is 11.7. The third-order valence-electron chi connectivity index (χ3n) is 3.33. The summed E-state index contributed by atoms with van der Waals surface area (Å²) in [6.07, 6.45) is -4.74. The first-order valence-electron chi connectivity index (χ1n) is 8.15. The fourth-order valence-corrected chi connectivity index (χ4v) is 2.24. The predicted molar refractivity (Wildman–Crippen MR) is 109 cm³/mol. The lowest BCUT2D eigenvalue weighted by Crippen LogP contribution is -2.37. The third kappa shape index (κ3) is 8.46. The molecule has 1 heterocycles. The van der Waals surface area contributed by atoms with E-state index in [0.717, 1.165) is 11.4 Å². The van der Waals surface area contributed by atoms with Crippen LogP contribution in [0.4, 0.5) is 13.2 Å². The molecule has 0 amide bonds. The van der Waals surface area contributed by atoms with Crippen molar-refractivity contribution in [2.45, 2.75) is 33.3 Å². The summed E-state index contributed by atoms with van der Waals surface area (Å²) in [5.74, 6) is 0.234. The topological polar surface area (TPSA) is 58.5 Å². The zero-order valence-corrected chi connectivity index (χ0v) is 17.3. The Balaban J connectivity index is 0.00000364. The first-order valence-corrected chi connectivity index (χ1v) is 8.15. The summed E-state index contributed by atoms with van der Waals surface area (Å²) < 4.78 is 41.5. The molecule has 0 saturated heterocycles. The van der Waals surface area contributed by atoms with Crippen LogP contribution >= 0.6 is 24.0 Å². The molecule has 1 aromatic heterocycles. The van der Waals surface area contributed by atoms with E-state index in [9.17, 15) is 13.2 Å². The van der Waals surface area contributed by atoms with Crippen LogP contribution in [0.5, 0.6) is 5.75 Å². The summed E-state index contributed by atoms with van der Waals surface area (Å²) in [5, 5.41) is 6.17. The number of aryl methyl sites for hydroxylation is 1. The molecule has 0 radical (unpaired) electrons. The van der Waals surface area contributed by atoms with E-state index < -0.39 is 6.36 Å². The number of halogens is 4. The third-order valence-corrected chi connectivity index (χ3v) is 3.33. The molecule has 9 heteroatoms. The maximum atomic E-state index is 12.5. The molecule has 5 nitrogen and oxygen atoms in total. The molecular formula is C18H22F3IN4O. The summed E-state index contributed by atoms with van der Waals surface area (Å²) >= 11 is 0. The van der Waals surface area contributed by atoms with Crippen molar-refractivity contribution in [1.82, 2.24) is 15.6 Å². The largest absolute Gasteiger partial charge is 0.573 e. The zero-order valence-electron chi connectivity index (χ0n) is 15.0. The average molecular weight is 494 g/mol. The maximum absolute atomic E-state index is 12.5. The molecular weight excluding hydrogens is 472 g/mol. The van der Waals surface area contributed by atoms with E-state index in [1.54, 1.807) is 12.1 Å². The van der Waals surface area contributed by atoms with Crippen molar-refractivity contribution in [2.24, 2.45) is 4.99 Å². The van der Waals surface area contributed by atoms with Crippen LogP contribution in [0.3, 0.4) is 0 Å². The average Bonchev–Trinajstić information content (AvgIpc) is 2.57. The van der Waals surface area contributed by atoms with E-state index in [0.29, 0.717) is 24.6 Å². The Morgan fingerprint density at radius 2 is 1.85 bits per heavy atom. The van der Waals surface area contributed by atoms with E-state index in [1.165, 1.54) is 12.1 Å². The highest BCUT2D eigenvalue weighted by Gasteiger charge is 2.31. The van der Waals surface area contributed by atoms with Gasteiger partial charge in [-0.3, -0.25) is 4.98 Å². The summed E-state index contributed by atoms with van der Waals surface area (Å²) in [4.78, 5) is 8.72. The van der Waals surface area contributed by atoms with E-state index in [1.807, 2.05) is 32.0 Å². The van der Waals surface area contributed by atoms with Crippen molar-refractivity contribution in [2.75, 3.05) is 6.54 Å². The van der Waals surface area contributed by atoms with Crippen LogP contribution in [0.25, 0.3) is 0 Å². The molecule has 2 aromatic rings. The van der Waals surface area contributed by atoms with Crippen molar-refractivity contribution in [3.05, 3.63) is 59.4 Å². The van der Waals surface area contributed by atoms with Gasteiger partial charge in [-0.2, -0.15) is 0 Å². The van der Waals surface area contributed by atoms with Crippen LogP contribution < -0.4 is 15.4 Å². The van der Waals surface area contributed by atoms with E-state index in [2.05, 4.69) is 25.3 Å². The van der Waals surface area contributed by atoms with Crippen LogP contribution in [0.2, 0.25) is 0 Å². The molecule has 27 heavy (non-hydrogen) atoms. The van der Waals surface area contributed by atoms with Gasteiger partial charge in [0, 0.05) is 17.8 Å². The van der Waals surface area contributed by atoms with Gasteiger partial charge in [-0.05, 0) is 32.0 Å². The molecule has 0 saturated carbocycles. The Kier molecular flexibility index (Phi) is 9.33. The van der Waals surface area contributed by atoms with Crippen LogP contribution in [0.1, 0.15) is 23.9 Å². The number of nitrogens with one attached hydrogen (secondary N) is 2. The van der Waals surface area contributed by atoms with Crippen molar-refractivity contribution in [3.8, 4) is 5.75 Å². The minimum Gasteiger partial charge on any atom is -0.405 e. The van der Waals surface area contributed by atoms with Crippen molar-refractivity contribution < 1.29 is 17.9 Å². The van der Waals surface area contributed by atoms with Crippen LogP contribution in [-0.4, -0.2) is 23.9 Å². The number of para-hydroxylation sites is 1. The van der Waals surface area contributed by atoms with E-state index in [-0.39, 0.29) is 36.3 Å². The first-order chi connectivity index (χ1) is 12.4. The molecule has 0 aliphatic rings. The molecule has 2 rings (SSSR count). The van der Waals surface area contributed by atoms with E-state index >= 15 is 0 Å². The van der Waals surface area contributed by atoms with Gasteiger partial charge in [0.05, 0.1) is 18.8 Å². The fourth-order valence-electron chi connectivity index (χ4n) is 2.24. The summed E-state index contributed by atoms with van der Waals surface area (Å²) in [5.41, 5.74) is 2.09. The van der Waals surface area contributed by atoms with Gasteiger partial charge in [-0.15, -0.1) is 37.1 Å². The molecule has 0 aliphatic heterocycles. The monoisotopic (exact) mass is 494 g/mol. The number of guanidine groups is 1. The Hall–Kier alpha value is -2.04. The number of aliphatic imine (C=N–C) groups is 1. The van der Waals surface area contributed by atoms with Crippen LogP contribution in [0, 0.1) is 6.92 Å². The van der Waals surface area contributed by atoms with Gasteiger partial charge in [0.2, 0.25) is 0 Å². The van der Waals surface area contributed by atoms with Gasteiger partial charge in [-0.25, -0.2) is 4.99 Å². The van der Waals surface area contributed by atoms with Crippen molar-refractivity contribution >= 4 is 29.9 Å².